The minimum absolute atomic E-state index is 0.0596. The number of carbonyl (C=O) groups excluding carboxylic acids is 1. The van der Waals surface area contributed by atoms with E-state index in [4.69, 9.17) is 4.52 Å². The van der Waals surface area contributed by atoms with Crippen LogP contribution in [0.3, 0.4) is 0 Å². The number of carbonyl (C=O) groups is 1. The molecule has 0 spiro atoms. The van der Waals surface area contributed by atoms with Crippen LogP contribution < -0.4 is 5.32 Å². The first-order valence-electron chi connectivity index (χ1n) is 8.68. The molecule has 3 heterocycles. The maximum absolute atomic E-state index is 11.1. The van der Waals surface area contributed by atoms with Crippen LogP contribution in [0.25, 0.3) is 11.4 Å². The van der Waals surface area contributed by atoms with Gasteiger partial charge in [0, 0.05) is 24.4 Å². The molecule has 2 aromatic heterocycles. The Hall–Kier alpha value is -3.27. The number of rotatable bonds is 6. The Kier molecular flexibility index (Phi) is 5.29. The highest BCUT2D eigenvalue weighted by Crippen LogP contribution is 2.17. The average Bonchev–Trinajstić information content (AvgIpc) is 3.44. The lowest BCUT2D eigenvalue weighted by Crippen LogP contribution is -2.19. The molecule has 142 valence electrons. The zero-order chi connectivity index (χ0) is 19.3. The summed E-state index contributed by atoms with van der Waals surface area (Å²) in [6.07, 6.45) is 6.10. The van der Waals surface area contributed by atoms with Gasteiger partial charge in [0.2, 0.25) is 17.6 Å². The van der Waals surface area contributed by atoms with E-state index in [-0.39, 0.29) is 5.91 Å². The normalized spacial score (nSPS) is 15.6. The predicted molar refractivity (Wildman–Crippen MR) is 106 cm³/mol. The minimum Gasteiger partial charge on any atom is -0.337 e. The second-order valence-electron chi connectivity index (χ2n) is 5.95. The van der Waals surface area contributed by atoms with Gasteiger partial charge in [-0.25, -0.2) is 4.98 Å². The molecule has 0 radical (unpaired) electrons. The summed E-state index contributed by atoms with van der Waals surface area (Å²) in [4.78, 5) is 19.9. The van der Waals surface area contributed by atoms with Crippen LogP contribution in [0.5, 0.6) is 0 Å². The van der Waals surface area contributed by atoms with Crippen molar-refractivity contribution >= 4 is 29.1 Å². The molecule has 1 aliphatic heterocycles. The molecule has 10 heteroatoms. The predicted octanol–water partition coefficient (Wildman–Crippen LogP) is 2.10. The van der Waals surface area contributed by atoms with Crippen LogP contribution >= 0.6 is 11.8 Å². The van der Waals surface area contributed by atoms with Gasteiger partial charge in [-0.05, 0) is 11.6 Å². The second kappa shape index (κ2) is 8.17. The number of imidazole rings is 1. The van der Waals surface area contributed by atoms with Crippen molar-refractivity contribution in [1.29, 1.82) is 0 Å². The number of thioether (sulfide) groups is 1. The van der Waals surface area contributed by atoms with Gasteiger partial charge in [-0.15, -0.1) is 5.10 Å². The molecule has 0 saturated carbocycles. The van der Waals surface area contributed by atoms with Crippen molar-refractivity contribution in [2.75, 3.05) is 5.75 Å². The fourth-order valence-electron chi connectivity index (χ4n) is 2.67. The lowest BCUT2D eigenvalue weighted by Gasteiger charge is -2.01. The maximum atomic E-state index is 11.1. The molecule has 1 N–H and O–H groups in total. The van der Waals surface area contributed by atoms with Gasteiger partial charge in [-0.3, -0.25) is 4.79 Å². The Bertz CT molecular complexity index is 1050. The number of aromatic nitrogens is 4. The molecule has 1 aromatic carbocycles. The summed E-state index contributed by atoms with van der Waals surface area (Å²) in [7, 11) is 0. The maximum Gasteiger partial charge on any atom is 0.246 e. The van der Waals surface area contributed by atoms with Gasteiger partial charge in [-0.2, -0.15) is 10.1 Å². The van der Waals surface area contributed by atoms with Crippen molar-refractivity contribution in [3.05, 3.63) is 53.9 Å². The van der Waals surface area contributed by atoms with Gasteiger partial charge >= 0.3 is 0 Å². The second-order valence-corrected chi connectivity index (χ2v) is 6.91. The summed E-state index contributed by atoms with van der Waals surface area (Å²) < 4.78 is 7.37. The lowest BCUT2D eigenvalue weighted by molar-refractivity contribution is -0.116. The van der Waals surface area contributed by atoms with Gasteiger partial charge in [0.15, 0.2) is 5.17 Å². The molecule has 0 atom stereocenters. The van der Waals surface area contributed by atoms with Gasteiger partial charge in [0.25, 0.3) is 0 Å². The summed E-state index contributed by atoms with van der Waals surface area (Å²) in [6, 6.07) is 7.58. The number of aryl methyl sites for hydroxylation is 1. The Balaban J connectivity index is 1.47. The van der Waals surface area contributed by atoms with Crippen LogP contribution in [-0.4, -0.2) is 42.7 Å². The van der Waals surface area contributed by atoms with E-state index in [1.165, 1.54) is 11.8 Å². The third-order valence-corrected chi connectivity index (χ3v) is 4.84. The molecule has 3 aromatic rings. The summed E-state index contributed by atoms with van der Waals surface area (Å²) in [5.74, 6) is 2.31. The van der Waals surface area contributed by atoms with Crippen LogP contribution in [0.1, 0.15) is 24.2 Å². The van der Waals surface area contributed by atoms with E-state index in [2.05, 4.69) is 37.6 Å². The van der Waals surface area contributed by atoms with Gasteiger partial charge in [-0.1, -0.05) is 42.0 Å². The number of hydrogen-bond acceptors (Lipinski definition) is 8. The first-order valence-corrected chi connectivity index (χ1v) is 9.66. The third-order valence-electron chi connectivity index (χ3n) is 3.98. The molecule has 1 saturated heterocycles. The highest BCUT2D eigenvalue weighted by molar-refractivity contribution is 8.15. The van der Waals surface area contributed by atoms with E-state index in [0.29, 0.717) is 29.2 Å². The number of hydrogen-bond donors (Lipinski definition) is 1. The average molecular weight is 395 g/mol. The molecule has 1 aliphatic rings. The highest BCUT2D eigenvalue weighted by Gasteiger charge is 2.16. The summed E-state index contributed by atoms with van der Waals surface area (Å²) >= 11 is 1.33. The first-order chi connectivity index (χ1) is 13.7. The zero-order valence-electron chi connectivity index (χ0n) is 15.1. The quantitative estimate of drug-likeness (QED) is 0.505. The smallest absolute Gasteiger partial charge is 0.246 e. The van der Waals surface area contributed by atoms with Crippen molar-refractivity contribution in [1.82, 2.24) is 25.0 Å². The van der Waals surface area contributed by atoms with Crippen molar-refractivity contribution in [3.63, 3.8) is 0 Å². The van der Waals surface area contributed by atoms with Crippen LogP contribution in [0.4, 0.5) is 0 Å². The number of nitrogens with zero attached hydrogens (tertiary/aromatic N) is 6. The van der Waals surface area contributed by atoms with Gasteiger partial charge in [0.1, 0.15) is 12.4 Å². The molecular weight excluding hydrogens is 378 g/mol. The van der Waals surface area contributed by atoms with E-state index >= 15 is 0 Å². The molecule has 1 amide bonds. The SMILES string of the molecule is CCc1nccn1Cc1nc(-c2cccc(C=NN=C3NC(=O)CS3)c2)no1. The van der Waals surface area contributed by atoms with Crippen molar-refractivity contribution < 1.29 is 9.32 Å². The van der Waals surface area contributed by atoms with Crippen LogP contribution in [-0.2, 0) is 17.8 Å². The molecule has 0 bridgehead atoms. The standard InChI is InChI=1S/C18H17N7O2S/c1-2-14-19-6-7-25(14)10-16-22-17(24-27-16)13-5-3-4-12(8-13)9-20-23-18-21-15(26)11-28-18/h3-9H,2,10-11H2,1H3,(H,21,23,26). The lowest BCUT2D eigenvalue weighted by atomic mass is 10.1. The van der Waals surface area contributed by atoms with E-state index in [1.54, 1.807) is 12.4 Å². The fourth-order valence-corrected chi connectivity index (χ4v) is 3.30. The Morgan fingerprint density at radius 1 is 1.43 bits per heavy atom. The summed E-state index contributed by atoms with van der Waals surface area (Å²) in [5, 5.41) is 15.2. The van der Waals surface area contributed by atoms with Crippen LogP contribution in [0.15, 0.2) is 51.4 Å². The molecule has 9 nitrogen and oxygen atoms in total. The Morgan fingerprint density at radius 2 is 2.36 bits per heavy atom. The van der Waals surface area contributed by atoms with E-state index in [1.807, 2.05) is 35.0 Å². The van der Waals surface area contributed by atoms with E-state index in [9.17, 15) is 4.79 Å². The third kappa shape index (κ3) is 4.17. The molecule has 1 fully saturated rings. The summed E-state index contributed by atoms with van der Waals surface area (Å²) in [5.41, 5.74) is 1.65. The monoisotopic (exact) mass is 395 g/mol. The van der Waals surface area contributed by atoms with Crippen molar-refractivity contribution in [2.45, 2.75) is 19.9 Å². The number of amides is 1. The van der Waals surface area contributed by atoms with Crippen molar-refractivity contribution in [2.24, 2.45) is 10.2 Å². The fraction of sp³-hybridized carbons (Fsp3) is 0.222. The number of amidine groups is 1. The Labute approximate surface area is 165 Å². The van der Waals surface area contributed by atoms with Gasteiger partial charge in [0.05, 0.1) is 12.0 Å². The first kappa shape index (κ1) is 18.1. The largest absolute Gasteiger partial charge is 0.337 e. The van der Waals surface area contributed by atoms with E-state index < -0.39 is 0 Å². The van der Waals surface area contributed by atoms with Crippen molar-refractivity contribution in [3.8, 4) is 11.4 Å². The number of benzene rings is 1. The zero-order valence-corrected chi connectivity index (χ0v) is 15.9. The molecule has 4 rings (SSSR count). The molecule has 0 unspecified atom stereocenters. The molecule has 28 heavy (non-hydrogen) atoms. The molecular formula is C18H17N7O2S. The highest BCUT2D eigenvalue weighted by atomic mass is 32.2. The summed E-state index contributed by atoms with van der Waals surface area (Å²) in [6.45, 7) is 2.54. The minimum atomic E-state index is -0.0596. The van der Waals surface area contributed by atoms with Crippen LogP contribution in [0, 0.1) is 0 Å². The molecule has 0 aliphatic carbocycles. The van der Waals surface area contributed by atoms with E-state index in [0.717, 1.165) is 23.4 Å². The topological polar surface area (TPSA) is 111 Å². The van der Waals surface area contributed by atoms with Crippen LogP contribution in [0.2, 0.25) is 0 Å². The number of nitrogens with one attached hydrogen (secondary N) is 1. The Morgan fingerprint density at radius 3 is 3.18 bits per heavy atom. The van der Waals surface area contributed by atoms with Gasteiger partial charge < -0.3 is 14.4 Å².